The standard InChI is InChI=1S/C4H2N2O4/c7-1-2(8)5-4(10)6-3(1)9/h(H2,5,6,8,9,10)/p-1. The molecule has 10 heavy (non-hydrogen) atoms. The summed E-state index contributed by atoms with van der Waals surface area (Å²) in [6.07, 6.45) is 0. The van der Waals surface area contributed by atoms with Crippen molar-refractivity contribution in [3.05, 3.63) is 0 Å². The molecule has 1 heterocycles. The second-order valence-electron chi connectivity index (χ2n) is 1.51. The van der Waals surface area contributed by atoms with E-state index in [9.17, 15) is 19.5 Å². The van der Waals surface area contributed by atoms with Gasteiger partial charge in [0.1, 0.15) is 0 Å². The first kappa shape index (κ1) is 6.40. The highest BCUT2D eigenvalue weighted by atomic mass is 16.3. The Kier molecular flexibility index (Phi) is 1.22. The van der Waals surface area contributed by atoms with Gasteiger partial charge in [0.25, 0.3) is 5.78 Å². The van der Waals surface area contributed by atoms with E-state index in [0.29, 0.717) is 0 Å². The first-order valence-electron chi connectivity index (χ1n) is 2.26. The maximum atomic E-state index is 10.3. The van der Waals surface area contributed by atoms with Crippen molar-refractivity contribution in [3.8, 4) is 0 Å². The number of carbonyl (C=O) groups is 3. The number of imide groups is 1. The van der Waals surface area contributed by atoms with Crippen LogP contribution in [-0.4, -0.2) is 23.6 Å². The van der Waals surface area contributed by atoms with Crippen molar-refractivity contribution < 1.29 is 19.5 Å². The van der Waals surface area contributed by atoms with Crippen molar-refractivity contribution in [1.29, 1.82) is 0 Å². The topological polar surface area (TPSA) is 98.7 Å². The summed E-state index contributed by atoms with van der Waals surface area (Å²) < 4.78 is 0. The van der Waals surface area contributed by atoms with Gasteiger partial charge in [-0.15, -0.1) is 0 Å². The van der Waals surface area contributed by atoms with Crippen molar-refractivity contribution in [1.82, 2.24) is 5.32 Å². The maximum absolute atomic E-state index is 10.3. The largest absolute Gasteiger partial charge is 0.856 e. The van der Waals surface area contributed by atoms with Crippen molar-refractivity contribution >= 4 is 23.6 Å². The highest BCUT2D eigenvalue weighted by Gasteiger charge is 2.21. The number of urea groups is 1. The molecule has 0 bridgehead atoms. The lowest BCUT2D eigenvalue weighted by Crippen LogP contribution is -2.48. The van der Waals surface area contributed by atoms with Crippen LogP contribution in [0.4, 0.5) is 4.79 Å². The van der Waals surface area contributed by atoms with Crippen LogP contribution < -0.4 is 10.4 Å². The summed E-state index contributed by atoms with van der Waals surface area (Å²) in [7, 11) is 0. The normalized spacial score (nSPS) is 18.4. The lowest BCUT2D eigenvalue weighted by atomic mass is 10.3. The van der Waals surface area contributed by atoms with E-state index < -0.39 is 23.6 Å². The van der Waals surface area contributed by atoms with Gasteiger partial charge in [-0.25, -0.2) is 9.79 Å². The minimum absolute atomic E-state index is 1.09. The van der Waals surface area contributed by atoms with Crippen LogP contribution in [0.1, 0.15) is 0 Å². The SMILES string of the molecule is O=C1N=C([O-])C(=O)C(=O)N1. The van der Waals surface area contributed by atoms with Crippen molar-refractivity contribution in [3.63, 3.8) is 0 Å². The number of aliphatic imine (C=N–C) groups is 1. The summed E-state index contributed by atoms with van der Waals surface area (Å²) in [4.78, 5) is 33.3. The molecule has 0 atom stereocenters. The molecule has 0 saturated heterocycles. The molecule has 1 aliphatic rings. The van der Waals surface area contributed by atoms with Crippen LogP contribution >= 0.6 is 0 Å². The lowest BCUT2D eigenvalue weighted by molar-refractivity contribution is -0.217. The summed E-state index contributed by atoms with van der Waals surface area (Å²) in [5.74, 6) is -3.83. The van der Waals surface area contributed by atoms with Crippen LogP contribution in [0, 0.1) is 0 Å². The Balaban J connectivity index is 3.03. The van der Waals surface area contributed by atoms with Crippen molar-refractivity contribution in [2.45, 2.75) is 0 Å². The quantitative estimate of drug-likeness (QED) is 0.379. The number of hydrogen-bond acceptors (Lipinski definition) is 4. The van der Waals surface area contributed by atoms with Crippen molar-refractivity contribution in [2.24, 2.45) is 4.99 Å². The fourth-order valence-corrected chi connectivity index (χ4v) is 0.422. The van der Waals surface area contributed by atoms with Crippen LogP contribution in [0.25, 0.3) is 0 Å². The van der Waals surface area contributed by atoms with Gasteiger partial charge >= 0.3 is 11.9 Å². The van der Waals surface area contributed by atoms with Crippen LogP contribution in [0.2, 0.25) is 0 Å². The molecule has 0 saturated carbocycles. The van der Waals surface area contributed by atoms with Crippen LogP contribution in [0.3, 0.4) is 0 Å². The van der Waals surface area contributed by atoms with Gasteiger partial charge < -0.3 is 5.11 Å². The van der Waals surface area contributed by atoms with Gasteiger partial charge in [0.05, 0.1) is 0 Å². The lowest BCUT2D eigenvalue weighted by Gasteiger charge is -2.11. The van der Waals surface area contributed by atoms with E-state index in [4.69, 9.17) is 0 Å². The summed E-state index contributed by atoms with van der Waals surface area (Å²) in [5.41, 5.74) is 0. The van der Waals surface area contributed by atoms with Gasteiger partial charge in [0.15, 0.2) is 0 Å². The van der Waals surface area contributed by atoms with E-state index in [1.54, 1.807) is 5.32 Å². The number of rotatable bonds is 0. The van der Waals surface area contributed by atoms with Crippen LogP contribution in [-0.2, 0) is 9.59 Å². The van der Waals surface area contributed by atoms with E-state index in [1.165, 1.54) is 0 Å². The molecule has 0 aromatic carbocycles. The average Bonchev–Trinajstić information content (AvgIpc) is 1.82. The molecule has 3 amide bonds. The molecule has 1 N–H and O–H groups in total. The molecule has 6 heteroatoms. The molecule has 0 aliphatic carbocycles. The molecule has 0 spiro atoms. The third kappa shape index (κ3) is 0.859. The first-order valence-corrected chi connectivity index (χ1v) is 2.26. The summed E-state index contributed by atoms with van der Waals surface area (Å²) in [6.45, 7) is 0. The summed E-state index contributed by atoms with van der Waals surface area (Å²) >= 11 is 0. The molecule has 1 aliphatic heterocycles. The Bertz CT molecular complexity index is 254. The Morgan fingerprint density at radius 1 is 1.30 bits per heavy atom. The number of carbonyl (C=O) groups excluding carboxylic acids is 3. The third-order valence-electron chi connectivity index (χ3n) is 0.824. The Morgan fingerprint density at radius 3 is 2.40 bits per heavy atom. The third-order valence-corrected chi connectivity index (χ3v) is 0.824. The molecule has 0 aromatic rings. The number of Topliss-reactive ketones (excluding diaryl/α,β-unsaturated/α-hetero) is 1. The molecule has 0 fully saturated rings. The van der Waals surface area contributed by atoms with Crippen LogP contribution in [0.15, 0.2) is 4.99 Å². The Morgan fingerprint density at radius 2 is 1.90 bits per heavy atom. The van der Waals surface area contributed by atoms with E-state index >= 15 is 0 Å². The van der Waals surface area contributed by atoms with Gasteiger partial charge in [-0.05, 0) is 0 Å². The highest BCUT2D eigenvalue weighted by Crippen LogP contribution is 1.86. The number of nitrogens with zero attached hydrogens (tertiary/aromatic N) is 1. The van der Waals surface area contributed by atoms with E-state index in [2.05, 4.69) is 4.99 Å². The fraction of sp³-hybridized carbons (Fsp3) is 0. The van der Waals surface area contributed by atoms with Gasteiger partial charge in [-0.2, -0.15) is 0 Å². The number of nitrogens with one attached hydrogen (secondary N) is 1. The molecular formula is C4HN2O4-. The fourth-order valence-electron chi connectivity index (χ4n) is 0.422. The molecular weight excluding hydrogens is 140 g/mol. The minimum atomic E-state index is -1.31. The predicted molar refractivity (Wildman–Crippen MR) is 26.0 cm³/mol. The zero-order chi connectivity index (χ0) is 7.72. The molecule has 6 nitrogen and oxygen atoms in total. The zero-order valence-corrected chi connectivity index (χ0v) is 4.58. The molecule has 0 radical (unpaired) electrons. The predicted octanol–water partition coefficient (Wildman–Crippen LogP) is -2.44. The summed E-state index contributed by atoms with van der Waals surface area (Å²) in [5, 5.41) is 11.8. The number of hydrogen-bond donors (Lipinski definition) is 1. The Hall–Kier alpha value is -1.72. The first-order chi connectivity index (χ1) is 4.61. The number of amides is 3. The molecule has 0 unspecified atom stereocenters. The van der Waals surface area contributed by atoms with E-state index in [1.807, 2.05) is 0 Å². The molecule has 52 valence electrons. The van der Waals surface area contributed by atoms with Gasteiger partial charge in [0.2, 0.25) is 0 Å². The maximum Gasteiger partial charge on any atom is 0.347 e. The van der Waals surface area contributed by atoms with E-state index in [0.717, 1.165) is 0 Å². The van der Waals surface area contributed by atoms with E-state index in [-0.39, 0.29) is 0 Å². The van der Waals surface area contributed by atoms with Gasteiger partial charge in [-0.1, -0.05) is 0 Å². The van der Waals surface area contributed by atoms with Crippen LogP contribution in [0.5, 0.6) is 0 Å². The van der Waals surface area contributed by atoms with Gasteiger partial charge in [0, 0.05) is 5.90 Å². The summed E-state index contributed by atoms with van der Waals surface area (Å²) in [6, 6.07) is -1.09. The van der Waals surface area contributed by atoms with Gasteiger partial charge in [-0.3, -0.25) is 14.9 Å². The second kappa shape index (κ2) is 1.90. The molecule has 1 rings (SSSR count). The highest BCUT2D eigenvalue weighted by molar-refractivity contribution is 6.65. The molecule has 0 aromatic heterocycles. The smallest absolute Gasteiger partial charge is 0.347 e. The van der Waals surface area contributed by atoms with Crippen molar-refractivity contribution in [2.75, 3.05) is 0 Å². The number of ketones is 1. The zero-order valence-electron chi connectivity index (χ0n) is 4.58. The Labute approximate surface area is 54.6 Å². The average molecular weight is 141 g/mol. The monoisotopic (exact) mass is 141 g/mol. The second-order valence-corrected chi connectivity index (χ2v) is 1.51. The minimum Gasteiger partial charge on any atom is -0.856 e.